The number of nitrogens with one attached hydrogen (secondary N) is 1. The number of anilines is 1. The molecule has 206 valence electrons. The van der Waals surface area contributed by atoms with E-state index in [0.717, 1.165) is 22.2 Å². The van der Waals surface area contributed by atoms with E-state index in [1.807, 2.05) is 75.6 Å². The fourth-order valence-corrected chi connectivity index (χ4v) is 4.51. The van der Waals surface area contributed by atoms with Crippen LogP contribution >= 0.6 is 0 Å². The van der Waals surface area contributed by atoms with Gasteiger partial charge in [-0.15, -0.1) is 0 Å². The second-order valence-corrected chi connectivity index (χ2v) is 10.9. The van der Waals surface area contributed by atoms with Crippen LogP contribution in [0.4, 0.5) is 5.69 Å². The lowest BCUT2D eigenvalue weighted by Gasteiger charge is -2.25. The van der Waals surface area contributed by atoms with Crippen molar-refractivity contribution >= 4 is 22.7 Å². The number of ether oxygens (including phenoxy) is 1. The Balaban J connectivity index is 1.64. The number of hydrogen-bond donors (Lipinski definition) is 2. The zero-order chi connectivity index (χ0) is 28.3. The van der Waals surface area contributed by atoms with Crippen LogP contribution in [0.5, 0.6) is 0 Å². The van der Waals surface area contributed by atoms with E-state index in [1.165, 1.54) is 0 Å². The highest BCUT2D eigenvalue weighted by Crippen LogP contribution is 2.24. The molecule has 10 nitrogen and oxygen atoms in total. The molecule has 2 aliphatic heterocycles. The molecule has 0 saturated heterocycles. The normalized spacial score (nSPS) is 11.9. The van der Waals surface area contributed by atoms with E-state index in [0.29, 0.717) is 50.2 Å². The average molecular weight is 533 g/mol. The van der Waals surface area contributed by atoms with Crippen LogP contribution in [-0.2, 0) is 22.6 Å². The molecule has 39 heavy (non-hydrogen) atoms. The summed E-state index contributed by atoms with van der Waals surface area (Å²) < 4.78 is 7.36. The van der Waals surface area contributed by atoms with E-state index in [-0.39, 0.29) is 17.5 Å². The summed E-state index contributed by atoms with van der Waals surface area (Å²) in [7, 11) is 0. The highest BCUT2D eigenvalue weighted by atomic mass is 16.6. The molecule has 0 spiro atoms. The van der Waals surface area contributed by atoms with Gasteiger partial charge in [0.2, 0.25) is 0 Å². The highest BCUT2D eigenvalue weighted by molar-refractivity contribution is 5.81. The number of fused-ring (bicyclic) bond motifs is 2. The Kier molecular flexibility index (Phi) is 8.15. The predicted octanol–water partition coefficient (Wildman–Crippen LogP) is 3.41. The Hall–Kier alpha value is -4.05. The third-order valence-corrected chi connectivity index (χ3v) is 6.53. The molecule has 0 amide bonds. The molecule has 2 heterocycles. The summed E-state index contributed by atoms with van der Waals surface area (Å²) in [4.78, 5) is 50.2. The monoisotopic (exact) mass is 532 g/mol. The number of rotatable bonds is 9. The number of hydrogen-bond acceptors (Lipinski definition) is 8. The average Bonchev–Trinajstić information content (AvgIpc) is 2.83. The number of H-pyrrole nitrogens is 1. The van der Waals surface area contributed by atoms with Gasteiger partial charge in [-0.2, -0.15) is 4.98 Å². The Morgan fingerprint density at radius 2 is 1.74 bits per heavy atom. The lowest BCUT2D eigenvalue weighted by Crippen LogP contribution is -2.32. The molecule has 10 heteroatoms. The smallest absolute Gasteiger partial charge is 0.349 e. The molecule has 0 saturated carbocycles. The first kappa shape index (κ1) is 28.0. The number of carbonyl (C=O) groups excluding carboxylic acids is 1. The van der Waals surface area contributed by atoms with Crippen molar-refractivity contribution in [3.63, 3.8) is 0 Å². The fourth-order valence-electron chi connectivity index (χ4n) is 4.51. The topological polar surface area (TPSA) is 136 Å². The van der Waals surface area contributed by atoms with Crippen LogP contribution in [-0.4, -0.2) is 49.1 Å². The summed E-state index contributed by atoms with van der Waals surface area (Å²) >= 11 is 0. The molecular formula is C29H36N6O4. The van der Waals surface area contributed by atoms with Gasteiger partial charge in [-0.1, -0.05) is 12.1 Å². The number of nitrogens with zero attached hydrogens (tertiary/aromatic N) is 4. The number of aromatic nitrogens is 4. The lowest BCUT2D eigenvalue weighted by molar-refractivity contribution is -0.155. The first-order valence-corrected chi connectivity index (χ1v) is 13.1. The van der Waals surface area contributed by atoms with Gasteiger partial charge in [-0.05, 0) is 88.5 Å². The van der Waals surface area contributed by atoms with Gasteiger partial charge in [0.1, 0.15) is 5.60 Å². The Labute approximate surface area is 227 Å². The number of esters is 1. The van der Waals surface area contributed by atoms with Crippen LogP contribution in [0.3, 0.4) is 0 Å². The van der Waals surface area contributed by atoms with Gasteiger partial charge in [-0.3, -0.25) is 19.5 Å². The highest BCUT2D eigenvalue weighted by Gasteiger charge is 2.21. The maximum atomic E-state index is 12.6. The molecule has 0 atom stereocenters. The first-order chi connectivity index (χ1) is 18.4. The summed E-state index contributed by atoms with van der Waals surface area (Å²) in [6, 6.07) is 11.7. The van der Waals surface area contributed by atoms with E-state index in [4.69, 9.17) is 10.5 Å². The summed E-state index contributed by atoms with van der Waals surface area (Å²) in [5, 5.41) is 0. The van der Waals surface area contributed by atoms with Gasteiger partial charge < -0.3 is 15.0 Å². The van der Waals surface area contributed by atoms with Crippen molar-refractivity contribution in [2.75, 3.05) is 18.8 Å². The summed E-state index contributed by atoms with van der Waals surface area (Å²) in [5.41, 5.74) is 9.56. The molecule has 2 aromatic rings. The molecule has 0 bridgehead atoms. The number of nitrogens with two attached hydrogens (primary N) is 1. The van der Waals surface area contributed by atoms with Crippen LogP contribution in [0, 0.1) is 13.8 Å². The fraction of sp³-hybridized carbons (Fsp3) is 0.414. The maximum absolute atomic E-state index is 12.6. The second kappa shape index (κ2) is 11.4. The molecule has 4 rings (SSSR count). The van der Waals surface area contributed by atoms with Crippen LogP contribution in [0.2, 0.25) is 0 Å². The largest absolute Gasteiger partial charge is 0.460 e. The molecular weight excluding hydrogens is 496 g/mol. The van der Waals surface area contributed by atoms with Crippen LogP contribution in [0.15, 0.2) is 46.0 Å². The molecule has 3 N–H and O–H groups in total. The van der Waals surface area contributed by atoms with Crippen LogP contribution < -0.4 is 17.0 Å². The minimum Gasteiger partial charge on any atom is -0.460 e. The molecule has 2 aliphatic rings. The van der Waals surface area contributed by atoms with Crippen molar-refractivity contribution < 1.29 is 9.53 Å². The molecule has 0 radical (unpaired) electrons. The molecule has 0 unspecified atom stereocenters. The van der Waals surface area contributed by atoms with Crippen molar-refractivity contribution in [3.05, 3.63) is 73.9 Å². The molecule has 0 fully saturated rings. The van der Waals surface area contributed by atoms with Crippen molar-refractivity contribution in [1.82, 2.24) is 24.4 Å². The molecule has 0 aromatic heterocycles. The second-order valence-electron chi connectivity index (χ2n) is 10.9. The standard InChI is InChI=1S/C29H36N6O4/c1-18-15-22-23(16-19(18)2)35(26-25(31-22)27(37)33-28(38)32-26)14-13-34(17-20-8-10-21(30)11-9-20)12-6-7-24(36)39-29(3,4)5/h8-11,15-16H,6-7,12-14,17,30H2,1-5H3,(H,33,37,38). The Morgan fingerprint density at radius 1 is 1.05 bits per heavy atom. The van der Waals surface area contributed by atoms with E-state index in [9.17, 15) is 14.4 Å². The third-order valence-electron chi connectivity index (χ3n) is 6.53. The van der Waals surface area contributed by atoms with E-state index in [2.05, 4.69) is 19.9 Å². The Bertz CT molecular complexity index is 1570. The summed E-state index contributed by atoms with van der Waals surface area (Å²) in [6.45, 7) is 11.9. The number of nitrogen functional groups attached to an aromatic ring is 1. The van der Waals surface area contributed by atoms with E-state index < -0.39 is 16.9 Å². The van der Waals surface area contributed by atoms with Crippen molar-refractivity contribution in [1.29, 1.82) is 0 Å². The summed E-state index contributed by atoms with van der Waals surface area (Å²) in [6.07, 6.45) is 0.923. The van der Waals surface area contributed by atoms with Crippen LogP contribution in [0.25, 0.3) is 22.6 Å². The minimum absolute atomic E-state index is 0.125. The minimum atomic E-state index is -0.706. The number of aromatic amines is 1. The van der Waals surface area contributed by atoms with Crippen molar-refractivity contribution in [2.45, 2.75) is 66.2 Å². The number of benzene rings is 2. The van der Waals surface area contributed by atoms with Gasteiger partial charge in [0.25, 0.3) is 5.56 Å². The zero-order valence-electron chi connectivity index (χ0n) is 23.2. The van der Waals surface area contributed by atoms with Crippen LogP contribution in [0.1, 0.15) is 50.3 Å². The van der Waals surface area contributed by atoms with Gasteiger partial charge in [0, 0.05) is 31.7 Å². The first-order valence-electron chi connectivity index (χ1n) is 13.1. The lowest BCUT2D eigenvalue weighted by atomic mass is 10.1. The quantitative estimate of drug-likeness (QED) is 0.190. The molecule has 2 aromatic carbocycles. The van der Waals surface area contributed by atoms with Crippen molar-refractivity contribution in [3.8, 4) is 11.5 Å². The predicted molar refractivity (Wildman–Crippen MR) is 152 cm³/mol. The summed E-state index contributed by atoms with van der Waals surface area (Å²) in [5.74, 6) is 0.0216. The van der Waals surface area contributed by atoms with Gasteiger partial charge >= 0.3 is 11.7 Å². The molecule has 0 aliphatic carbocycles. The third kappa shape index (κ3) is 7.08. The maximum Gasteiger partial charge on any atom is 0.349 e. The number of aryl methyl sites for hydroxylation is 2. The van der Waals surface area contributed by atoms with E-state index >= 15 is 0 Å². The van der Waals surface area contributed by atoms with E-state index in [1.54, 1.807) is 0 Å². The van der Waals surface area contributed by atoms with Gasteiger partial charge in [-0.25, -0.2) is 9.78 Å². The van der Waals surface area contributed by atoms with Gasteiger partial charge in [0.15, 0.2) is 11.5 Å². The Morgan fingerprint density at radius 3 is 2.44 bits per heavy atom. The van der Waals surface area contributed by atoms with Crippen molar-refractivity contribution in [2.24, 2.45) is 0 Å². The SMILES string of the molecule is Cc1cc2nc3c(=O)[nH]c(=O)nc-3n(CCN(CCCC(=O)OC(C)(C)C)Cc3ccc(N)cc3)c2cc1C. The van der Waals surface area contributed by atoms with Gasteiger partial charge in [0.05, 0.1) is 11.0 Å². The number of carbonyl (C=O) groups is 1. The zero-order valence-corrected chi connectivity index (χ0v) is 23.2.